The van der Waals surface area contributed by atoms with E-state index in [0.29, 0.717) is 5.56 Å². The molecule has 2 aromatic rings. The summed E-state index contributed by atoms with van der Waals surface area (Å²) in [5.41, 5.74) is 3.63. The van der Waals surface area contributed by atoms with E-state index < -0.39 is 0 Å². The van der Waals surface area contributed by atoms with Crippen LogP contribution in [0.3, 0.4) is 0 Å². The monoisotopic (exact) mass is 450 g/mol. The Morgan fingerprint density at radius 1 is 1.40 bits per heavy atom. The molecule has 0 aliphatic carbocycles. The third-order valence-corrected chi connectivity index (χ3v) is 6.92. The molecule has 0 fully saturated rings. The lowest BCUT2D eigenvalue weighted by atomic mass is 10.1. The highest BCUT2D eigenvalue weighted by Gasteiger charge is 2.18. The second-order valence-corrected chi connectivity index (χ2v) is 8.74. The minimum atomic E-state index is 0.641. The van der Waals surface area contributed by atoms with Crippen molar-refractivity contribution in [2.75, 3.05) is 5.75 Å². The normalized spacial score (nSPS) is 13.4. The Morgan fingerprint density at radius 2 is 2.23 bits per heavy atom. The number of allylic oxidation sites excluding steroid dienone is 6. The minimum absolute atomic E-state index is 0.641. The van der Waals surface area contributed by atoms with E-state index in [1.165, 1.54) is 0 Å². The Kier molecular flexibility index (Phi) is 10.5. The average molecular weight is 451 g/mol. The quantitative estimate of drug-likeness (QED) is 0.313. The molecule has 30 heavy (non-hydrogen) atoms. The molecule has 3 rings (SSSR count). The van der Waals surface area contributed by atoms with Gasteiger partial charge in [-0.1, -0.05) is 74.7 Å². The van der Waals surface area contributed by atoms with Gasteiger partial charge in [0.25, 0.3) is 0 Å². The zero-order chi connectivity index (χ0) is 21.8. The third kappa shape index (κ3) is 6.37. The Bertz CT molecular complexity index is 1000. The Labute approximate surface area is 192 Å². The van der Waals surface area contributed by atoms with Gasteiger partial charge in [0, 0.05) is 21.1 Å². The lowest BCUT2D eigenvalue weighted by Gasteiger charge is -2.13. The van der Waals surface area contributed by atoms with Crippen molar-refractivity contribution in [3.05, 3.63) is 88.9 Å². The molecule has 1 aliphatic heterocycles. The molecule has 3 heterocycles. The molecule has 0 bridgehead atoms. The SMILES string of the molecule is C=C/C(=C\C=C/C)CSc1nc(C2=CCC=CS2)cc(-c2cccs2)c1C#N.CC. The predicted octanol–water partition coefficient (Wildman–Crippen LogP) is 8.48. The number of aromatic nitrogens is 1. The minimum Gasteiger partial charge on any atom is -0.239 e. The van der Waals surface area contributed by atoms with Gasteiger partial charge in [0.15, 0.2) is 0 Å². The van der Waals surface area contributed by atoms with Crippen LogP contribution in [-0.2, 0) is 0 Å². The van der Waals surface area contributed by atoms with E-state index in [1.807, 2.05) is 56.5 Å². The first-order valence-corrected chi connectivity index (χ1v) is 12.6. The van der Waals surface area contributed by atoms with Gasteiger partial charge < -0.3 is 0 Å². The number of rotatable bonds is 7. The van der Waals surface area contributed by atoms with Crippen molar-refractivity contribution in [2.45, 2.75) is 32.2 Å². The van der Waals surface area contributed by atoms with Crippen molar-refractivity contribution in [1.29, 1.82) is 5.26 Å². The zero-order valence-corrected chi connectivity index (χ0v) is 20.0. The first kappa shape index (κ1) is 24.0. The number of hydrogen-bond donors (Lipinski definition) is 0. The summed E-state index contributed by atoms with van der Waals surface area (Å²) in [6, 6.07) is 8.52. The van der Waals surface area contributed by atoms with E-state index in [9.17, 15) is 5.26 Å². The van der Waals surface area contributed by atoms with E-state index in [4.69, 9.17) is 4.98 Å². The third-order valence-electron chi connectivity index (χ3n) is 4.01. The maximum absolute atomic E-state index is 9.89. The van der Waals surface area contributed by atoms with Crippen molar-refractivity contribution in [3.63, 3.8) is 0 Å². The molecule has 2 nitrogen and oxygen atoms in total. The summed E-state index contributed by atoms with van der Waals surface area (Å²) >= 11 is 4.91. The van der Waals surface area contributed by atoms with Crippen LogP contribution in [0.1, 0.15) is 38.4 Å². The number of pyridine rings is 1. The van der Waals surface area contributed by atoms with Gasteiger partial charge in [-0.15, -0.1) is 23.1 Å². The molecule has 0 saturated heterocycles. The van der Waals surface area contributed by atoms with Crippen LogP contribution in [0.25, 0.3) is 15.3 Å². The van der Waals surface area contributed by atoms with Gasteiger partial charge in [0.05, 0.1) is 11.3 Å². The summed E-state index contributed by atoms with van der Waals surface area (Å²) in [4.78, 5) is 7.10. The maximum atomic E-state index is 9.89. The number of nitrogens with zero attached hydrogens (tertiary/aromatic N) is 2. The Hall–Kier alpha value is -2.26. The second kappa shape index (κ2) is 13.1. The standard InChI is InChI=1S/C23H20N2S3.C2H6/c1-3-5-9-17(4-2)16-28-23-19(15-24)18(21-11-8-13-26-21)14-20(25-23)22-10-6-7-12-27-22;1-2/h3-5,7-14H,2,6,16H2,1H3;1-2H3/b5-3-,17-9+;. The maximum Gasteiger partial charge on any atom is 0.116 e. The van der Waals surface area contributed by atoms with Crippen LogP contribution in [-0.4, -0.2) is 10.7 Å². The smallest absolute Gasteiger partial charge is 0.116 e. The summed E-state index contributed by atoms with van der Waals surface area (Å²) < 4.78 is 0. The molecule has 0 saturated carbocycles. The molecule has 2 aromatic heterocycles. The summed E-state index contributed by atoms with van der Waals surface area (Å²) in [6.45, 7) is 9.89. The van der Waals surface area contributed by atoms with Crippen molar-refractivity contribution in [3.8, 4) is 16.5 Å². The summed E-state index contributed by atoms with van der Waals surface area (Å²) in [7, 11) is 0. The van der Waals surface area contributed by atoms with Gasteiger partial charge in [-0.25, -0.2) is 4.98 Å². The number of nitriles is 1. The van der Waals surface area contributed by atoms with Crippen molar-refractivity contribution in [1.82, 2.24) is 4.98 Å². The molecule has 5 heteroatoms. The van der Waals surface area contributed by atoms with Gasteiger partial charge in [-0.3, -0.25) is 0 Å². The predicted molar refractivity (Wildman–Crippen MR) is 137 cm³/mol. The lowest BCUT2D eigenvalue weighted by Crippen LogP contribution is -1.98. The molecule has 154 valence electrons. The van der Waals surface area contributed by atoms with Crippen LogP contribution in [0, 0.1) is 11.3 Å². The fraction of sp³-hybridized carbons (Fsp3) is 0.200. The molecule has 0 aromatic carbocycles. The topological polar surface area (TPSA) is 36.7 Å². The average Bonchev–Trinajstić information content (AvgIpc) is 3.35. The van der Waals surface area contributed by atoms with Crippen LogP contribution in [0.5, 0.6) is 0 Å². The fourth-order valence-corrected chi connectivity index (χ4v) is 5.10. The highest BCUT2D eigenvalue weighted by Crippen LogP contribution is 2.38. The van der Waals surface area contributed by atoms with E-state index in [0.717, 1.165) is 43.8 Å². The lowest BCUT2D eigenvalue weighted by molar-refractivity contribution is 1.09. The van der Waals surface area contributed by atoms with Crippen molar-refractivity contribution >= 4 is 39.8 Å². The van der Waals surface area contributed by atoms with E-state index in [2.05, 4.69) is 42.3 Å². The Morgan fingerprint density at radius 3 is 2.83 bits per heavy atom. The number of hydrogen-bond acceptors (Lipinski definition) is 5. The molecule has 0 radical (unpaired) electrons. The summed E-state index contributed by atoms with van der Waals surface area (Å²) in [5, 5.41) is 14.8. The molecule has 0 unspecified atom stereocenters. The van der Waals surface area contributed by atoms with E-state index >= 15 is 0 Å². The first-order valence-electron chi connectivity index (χ1n) is 9.85. The molecular formula is C25H26N2S3. The number of thioether (sulfide) groups is 2. The van der Waals surface area contributed by atoms with Crippen LogP contribution in [0.15, 0.2) is 82.6 Å². The fourth-order valence-electron chi connectivity index (χ4n) is 2.60. The first-order chi connectivity index (χ1) is 14.8. The van der Waals surface area contributed by atoms with Crippen LogP contribution >= 0.6 is 34.9 Å². The number of thiophene rings is 1. The van der Waals surface area contributed by atoms with Gasteiger partial charge in [-0.2, -0.15) is 5.26 Å². The molecular weight excluding hydrogens is 424 g/mol. The van der Waals surface area contributed by atoms with Crippen LogP contribution < -0.4 is 0 Å². The molecule has 0 spiro atoms. The van der Waals surface area contributed by atoms with Crippen molar-refractivity contribution < 1.29 is 0 Å². The Balaban J connectivity index is 0.00000155. The largest absolute Gasteiger partial charge is 0.239 e. The van der Waals surface area contributed by atoms with E-state index in [-0.39, 0.29) is 0 Å². The molecule has 0 atom stereocenters. The van der Waals surface area contributed by atoms with Crippen molar-refractivity contribution in [2.24, 2.45) is 0 Å². The van der Waals surface area contributed by atoms with E-state index in [1.54, 1.807) is 34.9 Å². The molecule has 1 aliphatic rings. The second-order valence-electron chi connectivity index (χ2n) is 5.88. The van der Waals surface area contributed by atoms with Crippen LogP contribution in [0.4, 0.5) is 0 Å². The summed E-state index contributed by atoms with van der Waals surface area (Å²) in [5.74, 6) is 0.717. The zero-order valence-electron chi connectivity index (χ0n) is 17.6. The molecule has 0 N–H and O–H groups in total. The van der Waals surface area contributed by atoms with Gasteiger partial charge >= 0.3 is 0 Å². The highest BCUT2D eigenvalue weighted by atomic mass is 32.2. The summed E-state index contributed by atoms with van der Waals surface area (Å²) in [6.07, 6.45) is 13.1. The van der Waals surface area contributed by atoms with Crippen LogP contribution in [0.2, 0.25) is 0 Å². The van der Waals surface area contributed by atoms with Gasteiger partial charge in [0.2, 0.25) is 0 Å². The van der Waals surface area contributed by atoms with Gasteiger partial charge in [0.1, 0.15) is 11.1 Å². The van der Waals surface area contributed by atoms with Gasteiger partial charge in [-0.05, 0) is 41.8 Å². The highest BCUT2D eigenvalue weighted by molar-refractivity contribution is 8.11. The molecule has 0 amide bonds.